The summed E-state index contributed by atoms with van der Waals surface area (Å²) in [6.07, 6.45) is 0. The molecule has 0 fully saturated rings. The summed E-state index contributed by atoms with van der Waals surface area (Å²) >= 11 is 5.29. The fourth-order valence-electron chi connectivity index (χ4n) is 2.38. The molecule has 2 aromatic heterocycles. The Kier molecular flexibility index (Phi) is 3.87. The molecule has 0 radical (unpaired) electrons. The second kappa shape index (κ2) is 5.64. The van der Waals surface area contributed by atoms with Crippen molar-refractivity contribution in [2.45, 2.75) is 13.0 Å². The first kappa shape index (κ1) is 13.7. The lowest BCUT2D eigenvalue weighted by Gasteiger charge is -2.15. The number of nitrogens with zero attached hydrogens (tertiary/aromatic N) is 1. The summed E-state index contributed by atoms with van der Waals surface area (Å²) in [6, 6.07) is 15.1. The molecule has 102 valence electrons. The topological polar surface area (TPSA) is 24.9 Å². The largest absolute Gasteiger partial charge is 0.309 e. The number of hydrogen-bond acceptors (Lipinski definition) is 3. The Balaban J connectivity index is 2.05. The summed E-state index contributed by atoms with van der Waals surface area (Å²) < 4.78 is 1.16. The summed E-state index contributed by atoms with van der Waals surface area (Å²) in [5, 5.41) is 4.58. The van der Waals surface area contributed by atoms with Gasteiger partial charge in [-0.2, -0.15) is 0 Å². The first-order chi connectivity index (χ1) is 9.67. The van der Waals surface area contributed by atoms with Crippen LogP contribution in [0.25, 0.3) is 10.9 Å². The Hall–Kier alpha value is -1.23. The first-order valence-electron chi connectivity index (χ1n) is 6.47. The minimum absolute atomic E-state index is 0.219. The van der Waals surface area contributed by atoms with Crippen LogP contribution in [0.3, 0.4) is 0 Å². The zero-order chi connectivity index (χ0) is 14.1. The average Bonchev–Trinajstić information content (AvgIpc) is 2.86. The molecule has 0 aliphatic heterocycles. The van der Waals surface area contributed by atoms with E-state index in [0.29, 0.717) is 0 Å². The van der Waals surface area contributed by atoms with Crippen molar-refractivity contribution in [2.75, 3.05) is 7.05 Å². The van der Waals surface area contributed by atoms with Gasteiger partial charge in [-0.15, -0.1) is 11.3 Å². The van der Waals surface area contributed by atoms with Gasteiger partial charge in [0.2, 0.25) is 0 Å². The molecule has 2 nitrogen and oxygen atoms in total. The Morgan fingerprint density at radius 1 is 1.15 bits per heavy atom. The lowest BCUT2D eigenvalue weighted by molar-refractivity contribution is 0.705. The van der Waals surface area contributed by atoms with Gasteiger partial charge < -0.3 is 5.32 Å². The van der Waals surface area contributed by atoms with Crippen molar-refractivity contribution in [2.24, 2.45) is 0 Å². The average molecular weight is 347 g/mol. The monoisotopic (exact) mass is 346 g/mol. The normalized spacial score (nSPS) is 12.8. The lowest BCUT2D eigenvalue weighted by Crippen LogP contribution is -2.16. The summed E-state index contributed by atoms with van der Waals surface area (Å²) in [6.45, 7) is 2.02. The molecule has 3 rings (SSSR count). The maximum atomic E-state index is 4.55. The highest BCUT2D eigenvalue weighted by Gasteiger charge is 2.14. The third kappa shape index (κ3) is 2.64. The molecule has 0 aliphatic carbocycles. The van der Waals surface area contributed by atoms with E-state index < -0.39 is 0 Å². The fourth-order valence-corrected chi connectivity index (χ4v) is 3.94. The number of aromatic nitrogens is 1. The minimum atomic E-state index is 0.219. The van der Waals surface area contributed by atoms with Gasteiger partial charge in [-0.3, -0.25) is 4.98 Å². The van der Waals surface area contributed by atoms with Gasteiger partial charge in [0.05, 0.1) is 15.3 Å². The van der Waals surface area contributed by atoms with Crippen molar-refractivity contribution in [1.82, 2.24) is 10.3 Å². The fraction of sp³-hybridized carbons (Fsp3) is 0.188. The van der Waals surface area contributed by atoms with Crippen LogP contribution < -0.4 is 5.32 Å². The summed E-state index contributed by atoms with van der Waals surface area (Å²) in [5.74, 6) is 0. The highest BCUT2D eigenvalue weighted by molar-refractivity contribution is 9.11. The highest BCUT2D eigenvalue weighted by atomic mass is 79.9. The molecule has 0 aliphatic rings. The summed E-state index contributed by atoms with van der Waals surface area (Å²) in [4.78, 5) is 5.86. The highest BCUT2D eigenvalue weighted by Crippen LogP contribution is 2.32. The van der Waals surface area contributed by atoms with Crippen molar-refractivity contribution in [3.63, 3.8) is 0 Å². The minimum Gasteiger partial charge on any atom is -0.309 e. The molecule has 0 saturated heterocycles. The molecule has 3 aromatic rings. The molecule has 1 unspecified atom stereocenters. The number of nitrogens with one attached hydrogen (secondary N) is 1. The molecule has 20 heavy (non-hydrogen) atoms. The van der Waals surface area contributed by atoms with Gasteiger partial charge in [-0.25, -0.2) is 0 Å². The molecular weight excluding hydrogens is 332 g/mol. The van der Waals surface area contributed by atoms with E-state index in [1.807, 2.05) is 14.0 Å². The van der Waals surface area contributed by atoms with Crippen LogP contribution in [-0.4, -0.2) is 12.0 Å². The van der Waals surface area contributed by atoms with Crippen LogP contribution in [0.2, 0.25) is 0 Å². The smallest absolute Gasteiger partial charge is 0.0705 e. The van der Waals surface area contributed by atoms with E-state index in [0.717, 1.165) is 15.0 Å². The number of benzene rings is 1. The molecule has 1 aromatic carbocycles. The maximum Gasteiger partial charge on any atom is 0.0705 e. The summed E-state index contributed by atoms with van der Waals surface area (Å²) in [7, 11) is 2.00. The van der Waals surface area contributed by atoms with Gasteiger partial charge in [0.25, 0.3) is 0 Å². The van der Waals surface area contributed by atoms with Crippen LogP contribution in [-0.2, 0) is 0 Å². The van der Waals surface area contributed by atoms with E-state index in [4.69, 9.17) is 0 Å². The quantitative estimate of drug-likeness (QED) is 0.744. The number of fused-ring (bicyclic) bond motifs is 1. The molecule has 1 N–H and O–H groups in total. The second-order valence-corrected chi connectivity index (χ2v) is 7.26. The molecule has 1 atom stereocenters. The van der Waals surface area contributed by atoms with Crippen molar-refractivity contribution in [1.29, 1.82) is 0 Å². The van der Waals surface area contributed by atoms with Crippen LogP contribution in [0.15, 0.2) is 46.3 Å². The predicted octanol–water partition coefficient (Wildman–Crippen LogP) is 4.68. The first-order valence-corrected chi connectivity index (χ1v) is 8.08. The van der Waals surface area contributed by atoms with E-state index in [2.05, 4.69) is 68.7 Å². The van der Waals surface area contributed by atoms with Gasteiger partial charge in [-0.05, 0) is 65.8 Å². The van der Waals surface area contributed by atoms with Gasteiger partial charge in [0, 0.05) is 16.0 Å². The van der Waals surface area contributed by atoms with E-state index in [1.165, 1.54) is 15.8 Å². The Morgan fingerprint density at radius 3 is 2.70 bits per heavy atom. The SMILES string of the molecule is CNC(c1ccc2nc(C)ccc2c1)c1ccc(Br)s1. The number of thiophene rings is 1. The van der Waals surface area contributed by atoms with E-state index in [9.17, 15) is 0 Å². The number of halogens is 1. The van der Waals surface area contributed by atoms with E-state index >= 15 is 0 Å². The zero-order valence-corrected chi connectivity index (χ0v) is 13.8. The summed E-state index contributed by atoms with van der Waals surface area (Å²) in [5.41, 5.74) is 3.37. The maximum absolute atomic E-state index is 4.55. The van der Waals surface area contributed by atoms with Gasteiger partial charge >= 0.3 is 0 Å². The van der Waals surface area contributed by atoms with Crippen LogP contribution in [0, 0.1) is 6.92 Å². The molecular formula is C16H15BrN2S. The van der Waals surface area contributed by atoms with Crippen molar-refractivity contribution < 1.29 is 0 Å². The van der Waals surface area contributed by atoms with E-state index in [-0.39, 0.29) is 6.04 Å². The van der Waals surface area contributed by atoms with Gasteiger partial charge in [0.15, 0.2) is 0 Å². The van der Waals surface area contributed by atoms with Crippen LogP contribution >= 0.6 is 27.3 Å². The van der Waals surface area contributed by atoms with Crippen molar-refractivity contribution in [3.8, 4) is 0 Å². The van der Waals surface area contributed by atoms with E-state index in [1.54, 1.807) is 11.3 Å². The molecule has 0 spiro atoms. The third-order valence-corrected chi connectivity index (χ3v) is 5.04. The molecule has 0 saturated carbocycles. The molecule has 0 amide bonds. The molecule has 2 heterocycles. The number of rotatable bonds is 3. The Morgan fingerprint density at radius 2 is 2.00 bits per heavy atom. The third-order valence-electron chi connectivity index (χ3n) is 3.35. The Labute approximate surface area is 131 Å². The van der Waals surface area contributed by atoms with Crippen LogP contribution in [0.5, 0.6) is 0 Å². The second-order valence-electron chi connectivity index (χ2n) is 4.77. The predicted molar refractivity (Wildman–Crippen MR) is 89.4 cm³/mol. The van der Waals surface area contributed by atoms with Crippen LogP contribution in [0.1, 0.15) is 22.2 Å². The molecule has 4 heteroatoms. The standard InChI is InChI=1S/C16H15BrN2S/c1-10-3-4-11-9-12(5-6-13(11)19-10)16(18-2)14-7-8-15(17)20-14/h3-9,16,18H,1-2H3. The number of hydrogen-bond donors (Lipinski definition) is 1. The van der Waals surface area contributed by atoms with Gasteiger partial charge in [-0.1, -0.05) is 12.1 Å². The van der Waals surface area contributed by atoms with Gasteiger partial charge in [0.1, 0.15) is 0 Å². The molecule has 0 bridgehead atoms. The number of pyridine rings is 1. The Bertz CT molecular complexity index is 751. The zero-order valence-electron chi connectivity index (χ0n) is 11.4. The van der Waals surface area contributed by atoms with Crippen molar-refractivity contribution in [3.05, 3.63) is 62.4 Å². The lowest BCUT2D eigenvalue weighted by atomic mass is 10.0. The van der Waals surface area contributed by atoms with Crippen LogP contribution in [0.4, 0.5) is 0 Å². The van der Waals surface area contributed by atoms with Crippen molar-refractivity contribution >= 4 is 38.2 Å². The number of aryl methyl sites for hydroxylation is 1.